The van der Waals surface area contributed by atoms with Gasteiger partial charge in [-0.05, 0) is 43.7 Å². The molecule has 1 aromatic rings. The van der Waals surface area contributed by atoms with Crippen molar-refractivity contribution in [2.24, 2.45) is 5.92 Å². The normalized spacial score (nSPS) is 21.7. The second-order valence-corrected chi connectivity index (χ2v) is 6.15. The van der Waals surface area contributed by atoms with Crippen LogP contribution in [0.2, 0.25) is 5.02 Å². The van der Waals surface area contributed by atoms with Gasteiger partial charge in [0, 0.05) is 10.9 Å². The van der Waals surface area contributed by atoms with E-state index in [2.05, 4.69) is 5.32 Å². The number of hydrogen-bond donors (Lipinski definition) is 2. The van der Waals surface area contributed by atoms with Crippen molar-refractivity contribution in [2.75, 3.05) is 6.26 Å². The molecule has 6 heteroatoms. The third-order valence-electron chi connectivity index (χ3n) is 3.54. The van der Waals surface area contributed by atoms with Gasteiger partial charge < -0.3 is 10.4 Å². The number of hydrogen-bond acceptors (Lipinski definition) is 3. The minimum absolute atomic E-state index is 0.0856. The van der Waals surface area contributed by atoms with Crippen LogP contribution in [0.4, 0.5) is 0 Å². The molecule has 0 spiro atoms. The number of amides is 1. The lowest BCUT2D eigenvalue weighted by molar-refractivity contribution is -0.141. The van der Waals surface area contributed by atoms with Crippen molar-refractivity contribution in [3.05, 3.63) is 28.8 Å². The third-order valence-corrected chi connectivity index (χ3v) is 4.59. The Labute approximate surface area is 126 Å². The number of benzene rings is 1. The summed E-state index contributed by atoms with van der Waals surface area (Å²) >= 11 is 7.59. The average Bonchev–Trinajstić information content (AvgIpc) is 2.88. The Bertz CT molecular complexity index is 535. The van der Waals surface area contributed by atoms with Crippen LogP contribution in [0.15, 0.2) is 23.1 Å². The van der Waals surface area contributed by atoms with Crippen molar-refractivity contribution in [2.45, 2.75) is 30.2 Å². The van der Waals surface area contributed by atoms with Crippen LogP contribution in [-0.4, -0.2) is 29.3 Å². The van der Waals surface area contributed by atoms with Gasteiger partial charge in [0.15, 0.2) is 0 Å². The van der Waals surface area contributed by atoms with Crippen LogP contribution in [0.5, 0.6) is 0 Å². The number of carbonyl (C=O) groups is 2. The summed E-state index contributed by atoms with van der Waals surface area (Å²) in [6.07, 6.45) is 3.72. The molecule has 0 aromatic heterocycles. The number of carboxylic acid groups (broad SMARTS) is 1. The predicted octanol–water partition coefficient (Wildman–Crippen LogP) is 3.05. The van der Waals surface area contributed by atoms with Crippen LogP contribution in [0, 0.1) is 5.92 Å². The molecule has 2 N–H and O–H groups in total. The van der Waals surface area contributed by atoms with E-state index in [4.69, 9.17) is 16.7 Å². The van der Waals surface area contributed by atoms with Gasteiger partial charge in [-0.1, -0.05) is 11.6 Å². The van der Waals surface area contributed by atoms with Gasteiger partial charge in [0.2, 0.25) is 0 Å². The molecule has 1 aromatic carbocycles. The molecule has 0 heterocycles. The van der Waals surface area contributed by atoms with E-state index in [0.717, 1.165) is 4.90 Å². The maximum absolute atomic E-state index is 12.2. The molecule has 108 valence electrons. The summed E-state index contributed by atoms with van der Waals surface area (Å²) in [6.45, 7) is 0. The molecule has 0 radical (unpaired) electrons. The Kier molecular flexibility index (Phi) is 4.94. The van der Waals surface area contributed by atoms with Gasteiger partial charge in [0.1, 0.15) is 0 Å². The maximum atomic E-state index is 12.2. The summed E-state index contributed by atoms with van der Waals surface area (Å²) in [4.78, 5) is 24.1. The summed E-state index contributed by atoms with van der Waals surface area (Å²) in [5.74, 6) is -1.38. The monoisotopic (exact) mass is 313 g/mol. The minimum Gasteiger partial charge on any atom is -0.481 e. The number of rotatable bonds is 4. The van der Waals surface area contributed by atoms with Gasteiger partial charge in [-0.3, -0.25) is 9.59 Å². The van der Waals surface area contributed by atoms with Gasteiger partial charge >= 0.3 is 5.97 Å². The Morgan fingerprint density at radius 1 is 1.40 bits per heavy atom. The van der Waals surface area contributed by atoms with Crippen molar-refractivity contribution in [1.29, 1.82) is 0 Å². The molecule has 1 aliphatic carbocycles. The SMILES string of the molecule is CSc1ccc(Cl)c(C(=O)N[C@@H]2CC[C@H](C(=O)O)C2)c1. The Morgan fingerprint density at radius 2 is 2.15 bits per heavy atom. The summed E-state index contributed by atoms with van der Waals surface area (Å²) < 4.78 is 0. The van der Waals surface area contributed by atoms with E-state index in [-0.39, 0.29) is 17.9 Å². The summed E-state index contributed by atoms with van der Waals surface area (Å²) in [5, 5.41) is 12.2. The van der Waals surface area contributed by atoms with E-state index in [1.165, 1.54) is 11.8 Å². The molecule has 0 bridgehead atoms. The fraction of sp³-hybridized carbons (Fsp3) is 0.429. The molecule has 1 saturated carbocycles. The topological polar surface area (TPSA) is 66.4 Å². The van der Waals surface area contributed by atoms with Crippen LogP contribution < -0.4 is 5.32 Å². The Morgan fingerprint density at radius 3 is 2.75 bits per heavy atom. The number of halogens is 1. The quantitative estimate of drug-likeness (QED) is 0.838. The number of aliphatic carboxylic acids is 1. The molecule has 0 unspecified atom stereocenters. The fourth-order valence-corrected chi connectivity index (χ4v) is 3.05. The number of carboxylic acids is 1. The van der Waals surface area contributed by atoms with Crippen LogP contribution in [0.3, 0.4) is 0 Å². The van der Waals surface area contributed by atoms with E-state index >= 15 is 0 Å². The minimum atomic E-state index is -0.788. The van der Waals surface area contributed by atoms with E-state index < -0.39 is 5.97 Å². The molecule has 20 heavy (non-hydrogen) atoms. The van der Waals surface area contributed by atoms with E-state index in [0.29, 0.717) is 29.8 Å². The lowest BCUT2D eigenvalue weighted by Gasteiger charge is -2.13. The highest BCUT2D eigenvalue weighted by Gasteiger charge is 2.30. The first-order valence-corrected chi connectivity index (χ1v) is 7.98. The highest BCUT2D eigenvalue weighted by Crippen LogP contribution is 2.27. The van der Waals surface area contributed by atoms with Crippen molar-refractivity contribution in [3.8, 4) is 0 Å². The molecular weight excluding hydrogens is 298 g/mol. The zero-order chi connectivity index (χ0) is 14.7. The van der Waals surface area contributed by atoms with Gasteiger partial charge in [0.25, 0.3) is 5.91 Å². The summed E-state index contributed by atoms with van der Waals surface area (Å²) in [7, 11) is 0. The fourth-order valence-electron chi connectivity index (χ4n) is 2.41. The van der Waals surface area contributed by atoms with Crippen LogP contribution in [0.1, 0.15) is 29.6 Å². The Hall–Kier alpha value is -1.20. The first-order valence-electron chi connectivity index (χ1n) is 6.38. The van der Waals surface area contributed by atoms with E-state index in [1.54, 1.807) is 12.1 Å². The third kappa shape index (κ3) is 3.46. The highest BCUT2D eigenvalue weighted by molar-refractivity contribution is 7.98. The molecule has 2 atom stereocenters. The Balaban J connectivity index is 2.04. The first-order chi connectivity index (χ1) is 9.51. The molecular formula is C14H16ClNO3S. The zero-order valence-corrected chi connectivity index (χ0v) is 12.6. The number of thioether (sulfide) groups is 1. The van der Waals surface area contributed by atoms with Gasteiger partial charge in [0.05, 0.1) is 16.5 Å². The van der Waals surface area contributed by atoms with Crippen molar-refractivity contribution >= 4 is 35.2 Å². The lowest BCUT2D eigenvalue weighted by Crippen LogP contribution is -2.33. The number of nitrogens with one attached hydrogen (secondary N) is 1. The zero-order valence-electron chi connectivity index (χ0n) is 11.1. The first kappa shape index (κ1) is 15.2. The lowest BCUT2D eigenvalue weighted by atomic mass is 10.1. The molecule has 0 saturated heterocycles. The molecule has 1 amide bonds. The van der Waals surface area contributed by atoms with Crippen LogP contribution in [-0.2, 0) is 4.79 Å². The second kappa shape index (κ2) is 6.50. The number of carbonyl (C=O) groups excluding carboxylic acids is 1. The maximum Gasteiger partial charge on any atom is 0.306 e. The standard InChI is InChI=1S/C14H16ClNO3S/c1-20-10-4-5-12(15)11(7-10)13(17)16-9-3-2-8(6-9)14(18)19/h4-5,7-9H,2-3,6H2,1H3,(H,16,17)(H,18,19)/t8-,9+/m0/s1. The molecule has 1 aliphatic rings. The second-order valence-electron chi connectivity index (χ2n) is 4.86. The average molecular weight is 314 g/mol. The largest absolute Gasteiger partial charge is 0.481 e. The van der Waals surface area contributed by atoms with Gasteiger partial charge in [-0.25, -0.2) is 0 Å². The highest BCUT2D eigenvalue weighted by atomic mass is 35.5. The van der Waals surface area contributed by atoms with Crippen LogP contribution in [0.25, 0.3) is 0 Å². The predicted molar refractivity (Wildman–Crippen MR) is 79.5 cm³/mol. The summed E-state index contributed by atoms with van der Waals surface area (Å²) in [5.41, 5.74) is 0.442. The molecule has 1 fully saturated rings. The van der Waals surface area contributed by atoms with E-state index in [9.17, 15) is 9.59 Å². The molecule has 0 aliphatic heterocycles. The van der Waals surface area contributed by atoms with Crippen LogP contribution >= 0.6 is 23.4 Å². The van der Waals surface area contributed by atoms with Gasteiger partial charge in [-0.2, -0.15) is 0 Å². The van der Waals surface area contributed by atoms with E-state index in [1.807, 2.05) is 12.3 Å². The smallest absolute Gasteiger partial charge is 0.306 e. The molecule has 4 nitrogen and oxygen atoms in total. The summed E-state index contributed by atoms with van der Waals surface area (Å²) in [6, 6.07) is 5.24. The van der Waals surface area contributed by atoms with Gasteiger partial charge in [-0.15, -0.1) is 11.8 Å². The molecule has 2 rings (SSSR count). The van der Waals surface area contributed by atoms with Crippen molar-refractivity contribution in [1.82, 2.24) is 5.32 Å². The van der Waals surface area contributed by atoms with Crippen molar-refractivity contribution in [3.63, 3.8) is 0 Å². The van der Waals surface area contributed by atoms with Crippen molar-refractivity contribution < 1.29 is 14.7 Å².